The number of carbonyl (C=O) groups is 2. The van der Waals surface area contributed by atoms with Crippen LogP contribution < -0.4 is 5.32 Å². The summed E-state index contributed by atoms with van der Waals surface area (Å²) in [5, 5.41) is 2.65. The molecule has 1 N–H and O–H groups in total. The van der Waals surface area contributed by atoms with Crippen molar-refractivity contribution >= 4 is 21.8 Å². The van der Waals surface area contributed by atoms with Crippen LogP contribution in [0.25, 0.3) is 0 Å². The number of hydrogen-bond donors (Lipinski definition) is 1. The summed E-state index contributed by atoms with van der Waals surface area (Å²) in [5.74, 6) is -2.65. The summed E-state index contributed by atoms with van der Waals surface area (Å²) < 4.78 is 53.8. The Morgan fingerprint density at radius 2 is 1.68 bits per heavy atom. The number of halogens is 2. The summed E-state index contributed by atoms with van der Waals surface area (Å²) in [6.45, 7) is 4.01. The van der Waals surface area contributed by atoms with E-state index in [4.69, 9.17) is 0 Å². The first-order valence-corrected chi connectivity index (χ1v) is 11.1. The molecule has 0 radical (unpaired) electrons. The zero-order valence-electron chi connectivity index (χ0n) is 17.1. The van der Waals surface area contributed by atoms with E-state index < -0.39 is 33.6 Å². The average Bonchev–Trinajstić information content (AvgIpc) is 2.75. The average molecular weight is 451 g/mol. The van der Waals surface area contributed by atoms with Gasteiger partial charge in [0.1, 0.15) is 0 Å². The SMILES string of the molecule is CC(=O)N1CCN(S(=O)(=O)c2cccc(C(=O)NC(C)c3ccc(F)c(F)c3)c2)CC1. The Morgan fingerprint density at radius 3 is 2.29 bits per heavy atom. The van der Waals surface area contributed by atoms with Gasteiger partial charge in [-0.15, -0.1) is 0 Å². The van der Waals surface area contributed by atoms with Crippen LogP contribution in [0, 0.1) is 11.6 Å². The van der Waals surface area contributed by atoms with E-state index >= 15 is 0 Å². The number of amides is 2. The Kier molecular flexibility index (Phi) is 6.71. The van der Waals surface area contributed by atoms with Crippen molar-refractivity contribution in [2.45, 2.75) is 24.8 Å². The van der Waals surface area contributed by atoms with Gasteiger partial charge in [0.25, 0.3) is 5.91 Å². The zero-order chi connectivity index (χ0) is 22.8. The molecule has 1 heterocycles. The fourth-order valence-corrected chi connectivity index (χ4v) is 4.80. The molecule has 2 aromatic carbocycles. The molecule has 1 aliphatic rings. The molecular formula is C21H23F2N3O4S. The molecule has 0 spiro atoms. The van der Waals surface area contributed by atoms with Crippen LogP contribution in [0.5, 0.6) is 0 Å². The lowest BCUT2D eigenvalue weighted by Crippen LogP contribution is -2.49. The minimum absolute atomic E-state index is 0.0306. The van der Waals surface area contributed by atoms with Gasteiger partial charge in [0.2, 0.25) is 15.9 Å². The van der Waals surface area contributed by atoms with Crippen molar-refractivity contribution in [3.8, 4) is 0 Å². The maximum absolute atomic E-state index is 13.4. The second-order valence-electron chi connectivity index (χ2n) is 7.31. The van der Waals surface area contributed by atoms with Crippen molar-refractivity contribution in [2.24, 2.45) is 0 Å². The number of piperazine rings is 1. The van der Waals surface area contributed by atoms with Crippen molar-refractivity contribution in [2.75, 3.05) is 26.2 Å². The van der Waals surface area contributed by atoms with Crippen molar-refractivity contribution in [3.63, 3.8) is 0 Å². The summed E-state index contributed by atoms with van der Waals surface area (Å²) in [6, 6.07) is 8.35. The third kappa shape index (κ3) is 5.08. The Labute approximate surface area is 179 Å². The largest absolute Gasteiger partial charge is 0.346 e. The van der Waals surface area contributed by atoms with Crippen molar-refractivity contribution in [3.05, 3.63) is 65.2 Å². The first-order valence-electron chi connectivity index (χ1n) is 9.71. The predicted octanol–water partition coefficient (Wildman–Crippen LogP) is 2.31. The lowest BCUT2D eigenvalue weighted by Gasteiger charge is -2.33. The van der Waals surface area contributed by atoms with E-state index in [2.05, 4.69) is 5.32 Å². The van der Waals surface area contributed by atoms with E-state index in [9.17, 15) is 26.8 Å². The van der Waals surface area contributed by atoms with Gasteiger partial charge in [0, 0.05) is 38.7 Å². The number of sulfonamides is 1. The molecular weight excluding hydrogens is 428 g/mol. The molecule has 1 saturated heterocycles. The minimum Gasteiger partial charge on any atom is -0.346 e. The van der Waals surface area contributed by atoms with Crippen LogP contribution in [0.3, 0.4) is 0 Å². The van der Waals surface area contributed by atoms with E-state index in [1.165, 1.54) is 41.6 Å². The number of rotatable bonds is 5. The Hall–Kier alpha value is -2.85. The summed E-state index contributed by atoms with van der Waals surface area (Å²) in [5.41, 5.74) is 0.497. The van der Waals surface area contributed by atoms with E-state index in [-0.39, 0.29) is 29.5 Å². The number of nitrogens with one attached hydrogen (secondary N) is 1. The molecule has 0 aliphatic carbocycles. The first-order chi connectivity index (χ1) is 14.6. The Morgan fingerprint density at radius 1 is 1.00 bits per heavy atom. The molecule has 10 heteroatoms. The van der Waals surface area contributed by atoms with Crippen LogP contribution in [0.1, 0.15) is 35.8 Å². The summed E-state index contributed by atoms with van der Waals surface area (Å²) in [6.07, 6.45) is 0. The van der Waals surface area contributed by atoms with Gasteiger partial charge in [-0.1, -0.05) is 12.1 Å². The summed E-state index contributed by atoms with van der Waals surface area (Å²) >= 11 is 0. The van der Waals surface area contributed by atoms with Gasteiger partial charge in [-0.3, -0.25) is 9.59 Å². The maximum atomic E-state index is 13.4. The molecule has 2 amide bonds. The molecule has 3 rings (SSSR count). The van der Waals surface area contributed by atoms with Crippen LogP contribution >= 0.6 is 0 Å². The van der Waals surface area contributed by atoms with Crippen LogP contribution in [0.2, 0.25) is 0 Å². The minimum atomic E-state index is -3.83. The lowest BCUT2D eigenvalue weighted by atomic mass is 10.1. The molecule has 166 valence electrons. The molecule has 7 nitrogen and oxygen atoms in total. The molecule has 0 bridgehead atoms. The molecule has 1 fully saturated rings. The normalized spacial score (nSPS) is 16.1. The molecule has 31 heavy (non-hydrogen) atoms. The van der Waals surface area contributed by atoms with Crippen LogP contribution in [0.4, 0.5) is 8.78 Å². The highest BCUT2D eigenvalue weighted by Crippen LogP contribution is 2.20. The van der Waals surface area contributed by atoms with Gasteiger partial charge < -0.3 is 10.2 Å². The summed E-state index contributed by atoms with van der Waals surface area (Å²) in [7, 11) is -3.83. The molecule has 1 unspecified atom stereocenters. The van der Waals surface area contributed by atoms with Gasteiger partial charge >= 0.3 is 0 Å². The third-order valence-corrected chi connectivity index (χ3v) is 7.10. The molecule has 2 aromatic rings. The molecule has 1 aliphatic heterocycles. The van der Waals surface area contributed by atoms with Gasteiger partial charge in [-0.25, -0.2) is 17.2 Å². The topological polar surface area (TPSA) is 86.8 Å². The monoisotopic (exact) mass is 451 g/mol. The highest BCUT2D eigenvalue weighted by atomic mass is 32.2. The fourth-order valence-electron chi connectivity index (χ4n) is 3.34. The highest BCUT2D eigenvalue weighted by molar-refractivity contribution is 7.89. The van der Waals surface area contributed by atoms with Gasteiger partial charge in [-0.05, 0) is 42.8 Å². The summed E-state index contributed by atoms with van der Waals surface area (Å²) in [4.78, 5) is 25.6. The number of hydrogen-bond acceptors (Lipinski definition) is 4. The van der Waals surface area contributed by atoms with Crippen LogP contribution in [-0.2, 0) is 14.8 Å². The van der Waals surface area contributed by atoms with E-state index in [1.807, 2.05) is 0 Å². The second kappa shape index (κ2) is 9.11. The van der Waals surface area contributed by atoms with Crippen LogP contribution in [0.15, 0.2) is 47.4 Å². The zero-order valence-corrected chi connectivity index (χ0v) is 18.0. The lowest BCUT2D eigenvalue weighted by molar-refractivity contribution is -0.129. The Balaban J connectivity index is 1.73. The van der Waals surface area contributed by atoms with Gasteiger partial charge in [0.15, 0.2) is 11.6 Å². The standard InChI is InChI=1S/C21H23F2N3O4S/c1-14(16-6-7-19(22)20(23)13-16)24-21(28)17-4-3-5-18(12-17)31(29,30)26-10-8-25(9-11-26)15(2)27/h3-7,12-14H,8-11H2,1-2H3,(H,24,28). The van der Waals surface area contributed by atoms with Crippen LogP contribution in [-0.4, -0.2) is 55.6 Å². The van der Waals surface area contributed by atoms with Crippen molar-refractivity contribution < 1.29 is 26.8 Å². The maximum Gasteiger partial charge on any atom is 0.251 e. The highest BCUT2D eigenvalue weighted by Gasteiger charge is 2.29. The molecule has 1 atom stereocenters. The number of carbonyl (C=O) groups excluding carboxylic acids is 2. The third-order valence-electron chi connectivity index (χ3n) is 5.21. The molecule has 0 aromatic heterocycles. The van der Waals surface area contributed by atoms with Crippen molar-refractivity contribution in [1.29, 1.82) is 0 Å². The van der Waals surface area contributed by atoms with E-state index in [1.54, 1.807) is 11.8 Å². The smallest absolute Gasteiger partial charge is 0.251 e. The fraction of sp³-hybridized carbons (Fsp3) is 0.333. The van der Waals surface area contributed by atoms with Crippen molar-refractivity contribution in [1.82, 2.24) is 14.5 Å². The second-order valence-corrected chi connectivity index (χ2v) is 9.24. The van der Waals surface area contributed by atoms with Gasteiger partial charge in [0.05, 0.1) is 10.9 Å². The Bertz CT molecular complexity index is 1100. The van der Waals surface area contributed by atoms with E-state index in [0.29, 0.717) is 18.7 Å². The molecule has 0 saturated carbocycles. The van der Waals surface area contributed by atoms with E-state index in [0.717, 1.165) is 12.1 Å². The number of nitrogens with zero attached hydrogens (tertiary/aromatic N) is 2. The number of benzene rings is 2. The van der Waals surface area contributed by atoms with Gasteiger partial charge in [-0.2, -0.15) is 4.31 Å². The first kappa shape index (κ1) is 22.8. The quantitative estimate of drug-likeness (QED) is 0.756. The predicted molar refractivity (Wildman–Crippen MR) is 110 cm³/mol.